The van der Waals surface area contributed by atoms with Crippen molar-refractivity contribution in [2.24, 2.45) is 11.3 Å². The summed E-state index contributed by atoms with van der Waals surface area (Å²) >= 11 is 0. The van der Waals surface area contributed by atoms with Crippen LogP contribution in [0.4, 0.5) is 0 Å². The summed E-state index contributed by atoms with van der Waals surface area (Å²) in [5, 5.41) is 0. The second-order valence-corrected chi connectivity index (χ2v) is 6.62. The number of para-hydroxylation sites is 1. The number of rotatable bonds is 0. The maximum Gasteiger partial charge on any atom is 0.123 e. The molecule has 2 atom stereocenters. The predicted octanol–water partition coefficient (Wildman–Crippen LogP) is 4.16. The van der Waals surface area contributed by atoms with Gasteiger partial charge in [0.15, 0.2) is 0 Å². The fourth-order valence-corrected chi connectivity index (χ4v) is 4.09. The molecule has 0 saturated heterocycles. The van der Waals surface area contributed by atoms with Crippen molar-refractivity contribution in [1.82, 2.24) is 0 Å². The SMILES string of the molecule is CC1(C)CCC[C@]2(C)c3ccccc3OC[C@@H]12. The zero-order valence-electron chi connectivity index (χ0n) is 11.1. The average Bonchev–Trinajstić information content (AvgIpc) is 2.28. The molecular weight excluding hydrogens is 208 g/mol. The lowest BCUT2D eigenvalue weighted by Crippen LogP contribution is -2.50. The molecule has 17 heavy (non-hydrogen) atoms. The van der Waals surface area contributed by atoms with E-state index >= 15 is 0 Å². The maximum absolute atomic E-state index is 5.99. The van der Waals surface area contributed by atoms with E-state index in [9.17, 15) is 0 Å². The molecule has 1 nitrogen and oxygen atoms in total. The largest absolute Gasteiger partial charge is 0.493 e. The van der Waals surface area contributed by atoms with Crippen molar-refractivity contribution in [2.45, 2.75) is 45.4 Å². The van der Waals surface area contributed by atoms with Gasteiger partial charge in [0.2, 0.25) is 0 Å². The second kappa shape index (κ2) is 3.51. The van der Waals surface area contributed by atoms with E-state index in [0.29, 0.717) is 16.7 Å². The summed E-state index contributed by atoms with van der Waals surface area (Å²) in [6, 6.07) is 8.62. The van der Waals surface area contributed by atoms with E-state index in [0.717, 1.165) is 12.4 Å². The molecule has 0 radical (unpaired) electrons. The average molecular weight is 230 g/mol. The van der Waals surface area contributed by atoms with E-state index in [4.69, 9.17) is 4.74 Å². The third kappa shape index (κ3) is 1.51. The molecule has 0 unspecified atom stereocenters. The maximum atomic E-state index is 5.99. The molecule has 1 aromatic rings. The lowest BCUT2D eigenvalue weighted by molar-refractivity contribution is -0.000347. The smallest absolute Gasteiger partial charge is 0.123 e. The molecule has 1 aliphatic heterocycles. The normalized spacial score (nSPS) is 34.4. The minimum Gasteiger partial charge on any atom is -0.493 e. The molecule has 1 aliphatic carbocycles. The molecule has 0 spiro atoms. The van der Waals surface area contributed by atoms with Crippen LogP contribution in [0.3, 0.4) is 0 Å². The fourth-order valence-electron chi connectivity index (χ4n) is 4.09. The van der Waals surface area contributed by atoms with Gasteiger partial charge in [-0.1, -0.05) is 45.4 Å². The van der Waals surface area contributed by atoms with Crippen molar-refractivity contribution in [3.63, 3.8) is 0 Å². The molecule has 2 aliphatic rings. The van der Waals surface area contributed by atoms with Crippen LogP contribution in [0.25, 0.3) is 0 Å². The van der Waals surface area contributed by atoms with Crippen LogP contribution in [0.2, 0.25) is 0 Å². The van der Waals surface area contributed by atoms with Gasteiger partial charge in [0.25, 0.3) is 0 Å². The van der Waals surface area contributed by atoms with Gasteiger partial charge in [-0.05, 0) is 24.3 Å². The van der Waals surface area contributed by atoms with Gasteiger partial charge in [-0.15, -0.1) is 0 Å². The monoisotopic (exact) mass is 230 g/mol. The second-order valence-electron chi connectivity index (χ2n) is 6.62. The summed E-state index contributed by atoms with van der Waals surface area (Å²) in [7, 11) is 0. The molecule has 1 heterocycles. The molecule has 92 valence electrons. The Morgan fingerprint density at radius 3 is 2.71 bits per heavy atom. The molecule has 1 heteroatoms. The van der Waals surface area contributed by atoms with Gasteiger partial charge >= 0.3 is 0 Å². The van der Waals surface area contributed by atoms with Crippen LogP contribution >= 0.6 is 0 Å². The standard InChI is InChI=1S/C16H22O/c1-15(2)9-6-10-16(3)12-7-4-5-8-13(12)17-11-14(15)16/h4-5,7-8,14H,6,9-11H2,1-3H3/t14-,16+/m0/s1. The van der Waals surface area contributed by atoms with E-state index in [1.807, 2.05) is 0 Å². The number of fused-ring (bicyclic) bond motifs is 3. The summed E-state index contributed by atoms with van der Waals surface area (Å²) in [5.74, 6) is 1.77. The zero-order chi connectivity index (χ0) is 12.1. The van der Waals surface area contributed by atoms with Gasteiger partial charge in [0.1, 0.15) is 5.75 Å². The highest BCUT2D eigenvalue weighted by Crippen LogP contribution is 2.56. The Labute approximate surface area is 104 Å². The summed E-state index contributed by atoms with van der Waals surface area (Å²) in [6.07, 6.45) is 3.98. The number of hydrogen-bond acceptors (Lipinski definition) is 1. The molecular formula is C16H22O. The molecule has 0 aromatic heterocycles. The Bertz CT molecular complexity index is 435. The summed E-state index contributed by atoms with van der Waals surface area (Å²) in [4.78, 5) is 0. The molecule has 0 amide bonds. The third-order valence-corrected chi connectivity index (χ3v) is 5.14. The van der Waals surface area contributed by atoms with Crippen LogP contribution in [-0.4, -0.2) is 6.61 Å². The first-order valence-electron chi connectivity index (χ1n) is 6.76. The molecule has 0 bridgehead atoms. The Hall–Kier alpha value is -0.980. The first-order valence-corrected chi connectivity index (χ1v) is 6.76. The van der Waals surface area contributed by atoms with E-state index in [1.165, 1.54) is 24.8 Å². The van der Waals surface area contributed by atoms with Crippen LogP contribution in [-0.2, 0) is 5.41 Å². The lowest BCUT2D eigenvalue weighted by Gasteiger charge is -2.53. The number of hydrogen-bond donors (Lipinski definition) is 0. The molecule has 1 saturated carbocycles. The summed E-state index contributed by atoms with van der Waals surface area (Å²) in [6.45, 7) is 8.15. The Morgan fingerprint density at radius 2 is 1.88 bits per heavy atom. The predicted molar refractivity (Wildman–Crippen MR) is 70.4 cm³/mol. The van der Waals surface area contributed by atoms with E-state index < -0.39 is 0 Å². The van der Waals surface area contributed by atoms with Gasteiger partial charge in [-0.2, -0.15) is 0 Å². The quantitative estimate of drug-likeness (QED) is 0.650. The Morgan fingerprint density at radius 1 is 1.12 bits per heavy atom. The van der Waals surface area contributed by atoms with Crippen LogP contribution in [0, 0.1) is 11.3 Å². The molecule has 1 fully saturated rings. The van der Waals surface area contributed by atoms with E-state index in [-0.39, 0.29) is 0 Å². The van der Waals surface area contributed by atoms with Crippen LogP contribution < -0.4 is 4.74 Å². The highest BCUT2D eigenvalue weighted by Gasteiger charge is 2.50. The first-order chi connectivity index (χ1) is 8.04. The number of benzene rings is 1. The van der Waals surface area contributed by atoms with Gasteiger partial charge in [-0.25, -0.2) is 0 Å². The summed E-state index contributed by atoms with van der Waals surface area (Å²) < 4.78 is 5.99. The lowest BCUT2D eigenvalue weighted by atomic mass is 9.54. The summed E-state index contributed by atoms with van der Waals surface area (Å²) in [5.41, 5.74) is 2.15. The molecule has 1 aromatic carbocycles. The molecule has 0 N–H and O–H groups in total. The Balaban J connectivity index is 2.11. The van der Waals surface area contributed by atoms with Crippen LogP contribution in [0.5, 0.6) is 5.75 Å². The van der Waals surface area contributed by atoms with Gasteiger partial charge in [0, 0.05) is 16.9 Å². The fraction of sp³-hybridized carbons (Fsp3) is 0.625. The number of ether oxygens (including phenoxy) is 1. The van der Waals surface area contributed by atoms with Gasteiger partial charge < -0.3 is 4.74 Å². The Kier molecular flexibility index (Phi) is 2.30. The van der Waals surface area contributed by atoms with Crippen molar-refractivity contribution < 1.29 is 4.74 Å². The minimum atomic E-state index is 0.316. The third-order valence-electron chi connectivity index (χ3n) is 5.14. The molecule has 3 rings (SSSR count). The minimum absolute atomic E-state index is 0.316. The van der Waals surface area contributed by atoms with E-state index in [1.54, 1.807) is 0 Å². The highest BCUT2D eigenvalue weighted by molar-refractivity contribution is 5.42. The van der Waals surface area contributed by atoms with E-state index in [2.05, 4.69) is 45.0 Å². The van der Waals surface area contributed by atoms with Crippen molar-refractivity contribution in [3.8, 4) is 5.75 Å². The van der Waals surface area contributed by atoms with Crippen LogP contribution in [0.1, 0.15) is 45.6 Å². The van der Waals surface area contributed by atoms with Crippen molar-refractivity contribution in [3.05, 3.63) is 29.8 Å². The van der Waals surface area contributed by atoms with Crippen LogP contribution in [0.15, 0.2) is 24.3 Å². The first kappa shape index (κ1) is 11.1. The highest BCUT2D eigenvalue weighted by atomic mass is 16.5. The van der Waals surface area contributed by atoms with Crippen molar-refractivity contribution in [2.75, 3.05) is 6.61 Å². The van der Waals surface area contributed by atoms with Crippen molar-refractivity contribution in [1.29, 1.82) is 0 Å². The van der Waals surface area contributed by atoms with Gasteiger partial charge in [-0.3, -0.25) is 0 Å². The zero-order valence-corrected chi connectivity index (χ0v) is 11.1. The van der Waals surface area contributed by atoms with Gasteiger partial charge in [0.05, 0.1) is 6.61 Å². The topological polar surface area (TPSA) is 9.23 Å². The van der Waals surface area contributed by atoms with Crippen molar-refractivity contribution >= 4 is 0 Å².